The average Bonchev–Trinajstić information content (AvgIpc) is 3.06. The van der Waals surface area contributed by atoms with Gasteiger partial charge in [-0.3, -0.25) is 4.79 Å². The van der Waals surface area contributed by atoms with Crippen LogP contribution in [0, 0.1) is 5.92 Å². The summed E-state index contributed by atoms with van der Waals surface area (Å²) in [6.45, 7) is 6.36. The lowest BCUT2D eigenvalue weighted by Gasteiger charge is -2.14. The van der Waals surface area contributed by atoms with E-state index in [1.165, 1.54) is 6.26 Å². The van der Waals surface area contributed by atoms with Gasteiger partial charge in [0.05, 0.1) is 6.26 Å². The number of hydrogen-bond acceptors (Lipinski definition) is 5. The van der Waals surface area contributed by atoms with E-state index in [1.54, 1.807) is 12.1 Å². The largest absolute Gasteiger partial charge is 0.463 e. The fourth-order valence-electron chi connectivity index (χ4n) is 2.30. The fourth-order valence-corrected chi connectivity index (χ4v) is 2.30. The van der Waals surface area contributed by atoms with Crippen LogP contribution in [0.4, 0.5) is 5.88 Å². The van der Waals surface area contributed by atoms with Gasteiger partial charge in [-0.25, -0.2) is 0 Å². The van der Waals surface area contributed by atoms with Crippen molar-refractivity contribution < 1.29 is 13.7 Å². The van der Waals surface area contributed by atoms with Crippen molar-refractivity contribution in [3.8, 4) is 11.5 Å². The molecule has 1 amide bonds. The zero-order valence-corrected chi connectivity index (χ0v) is 13.3. The fraction of sp³-hybridized carbons (Fsp3) is 0.500. The first kappa shape index (κ1) is 16.1. The standard InChI is InChI=1S/C16H23N3O3/c1-10(2)6-4-7-11(3)18-16(20)13-14(19-22-15(13)17)12-8-5-9-21-12/h5,8-11H,4,6-7,17H2,1-3H3,(H,18,20). The Morgan fingerprint density at radius 2 is 2.14 bits per heavy atom. The molecule has 1 atom stereocenters. The molecule has 2 rings (SSSR count). The van der Waals surface area contributed by atoms with Gasteiger partial charge in [-0.05, 0) is 31.4 Å². The van der Waals surface area contributed by atoms with E-state index >= 15 is 0 Å². The lowest BCUT2D eigenvalue weighted by atomic mass is 10.0. The van der Waals surface area contributed by atoms with E-state index < -0.39 is 0 Å². The van der Waals surface area contributed by atoms with Crippen molar-refractivity contribution in [1.82, 2.24) is 10.5 Å². The van der Waals surface area contributed by atoms with Crippen LogP contribution in [-0.4, -0.2) is 17.1 Å². The Kier molecular flexibility index (Phi) is 5.25. The van der Waals surface area contributed by atoms with Gasteiger partial charge in [0, 0.05) is 6.04 Å². The highest BCUT2D eigenvalue weighted by molar-refractivity contribution is 6.03. The molecule has 0 bridgehead atoms. The Bertz CT molecular complexity index is 602. The van der Waals surface area contributed by atoms with Crippen LogP contribution in [0.5, 0.6) is 0 Å². The van der Waals surface area contributed by atoms with Gasteiger partial charge in [0.15, 0.2) is 11.5 Å². The van der Waals surface area contributed by atoms with Crippen LogP contribution in [0.25, 0.3) is 11.5 Å². The maximum Gasteiger partial charge on any atom is 0.259 e. The summed E-state index contributed by atoms with van der Waals surface area (Å²) in [5.74, 6) is 0.834. The Labute approximate surface area is 130 Å². The lowest BCUT2D eigenvalue weighted by Crippen LogP contribution is -2.33. The van der Waals surface area contributed by atoms with E-state index in [9.17, 15) is 4.79 Å². The minimum absolute atomic E-state index is 0.00159. The van der Waals surface area contributed by atoms with Crippen LogP contribution < -0.4 is 11.1 Å². The van der Waals surface area contributed by atoms with Crippen molar-refractivity contribution in [2.45, 2.75) is 46.1 Å². The number of nitrogens with zero attached hydrogens (tertiary/aromatic N) is 1. The van der Waals surface area contributed by atoms with Gasteiger partial charge in [-0.1, -0.05) is 31.8 Å². The molecule has 2 heterocycles. The molecule has 0 spiro atoms. The van der Waals surface area contributed by atoms with Crippen molar-refractivity contribution in [2.75, 3.05) is 5.73 Å². The molecule has 0 fully saturated rings. The number of aromatic nitrogens is 1. The lowest BCUT2D eigenvalue weighted by molar-refractivity contribution is 0.0938. The summed E-state index contributed by atoms with van der Waals surface area (Å²) in [5, 5.41) is 6.76. The number of furan rings is 1. The van der Waals surface area contributed by atoms with Crippen LogP contribution in [0.15, 0.2) is 27.3 Å². The maximum atomic E-state index is 12.4. The molecule has 2 aromatic rings. The van der Waals surface area contributed by atoms with E-state index in [0.29, 0.717) is 17.4 Å². The van der Waals surface area contributed by atoms with E-state index in [-0.39, 0.29) is 23.4 Å². The first-order valence-electron chi connectivity index (χ1n) is 7.59. The Hall–Kier alpha value is -2.24. The minimum atomic E-state index is -0.290. The van der Waals surface area contributed by atoms with Crippen LogP contribution in [0.3, 0.4) is 0 Å². The molecular weight excluding hydrogens is 282 g/mol. The molecule has 3 N–H and O–H groups in total. The molecule has 120 valence electrons. The predicted molar refractivity (Wildman–Crippen MR) is 84.2 cm³/mol. The van der Waals surface area contributed by atoms with Gasteiger partial charge in [0.25, 0.3) is 5.91 Å². The van der Waals surface area contributed by atoms with Gasteiger partial charge in [-0.2, -0.15) is 0 Å². The molecule has 6 heteroatoms. The third-order valence-electron chi connectivity index (χ3n) is 3.50. The van der Waals surface area contributed by atoms with Crippen LogP contribution in [0.1, 0.15) is 50.4 Å². The molecule has 22 heavy (non-hydrogen) atoms. The van der Waals surface area contributed by atoms with E-state index in [4.69, 9.17) is 14.7 Å². The van der Waals surface area contributed by atoms with Crippen LogP contribution in [-0.2, 0) is 0 Å². The molecule has 2 aromatic heterocycles. The first-order valence-corrected chi connectivity index (χ1v) is 7.59. The number of nitrogens with one attached hydrogen (secondary N) is 1. The second-order valence-corrected chi connectivity index (χ2v) is 5.95. The number of nitrogens with two attached hydrogens (primary N) is 1. The maximum absolute atomic E-state index is 12.4. The number of hydrogen-bond donors (Lipinski definition) is 2. The second-order valence-electron chi connectivity index (χ2n) is 5.95. The van der Waals surface area contributed by atoms with Gasteiger partial charge in [0.1, 0.15) is 5.56 Å². The molecule has 0 aliphatic carbocycles. The van der Waals surface area contributed by atoms with Crippen molar-refractivity contribution in [2.24, 2.45) is 5.92 Å². The Morgan fingerprint density at radius 3 is 2.77 bits per heavy atom. The monoisotopic (exact) mass is 305 g/mol. The van der Waals surface area contributed by atoms with Crippen molar-refractivity contribution in [1.29, 1.82) is 0 Å². The molecule has 0 aromatic carbocycles. The SMILES string of the molecule is CC(C)CCCC(C)NC(=O)c1c(-c2ccco2)noc1N. The molecule has 6 nitrogen and oxygen atoms in total. The van der Waals surface area contributed by atoms with E-state index in [2.05, 4.69) is 24.3 Å². The zero-order chi connectivity index (χ0) is 16.1. The second kappa shape index (κ2) is 7.15. The number of nitrogen functional groups attached to an aromatic ring is 1. The van der Waals surface area contributed by atoms with Crippen molar-refractivity contribution in [3.63, 3.8) is 0 Å². The summed E-state index contributed by atoms with van der Waals surface area (Å²) in [6, 6.07) is 3.49. The van der Waals surface area contributed by atoms with Gasteiger partial charge in [0.2, 0.25) is 5.88 Å². The summed E-state index contributed by atoms with van der Waals surface area (Å²) in [4.78, 5) is 12.4. The Balaban J connectivity index is 2.02. The summed E-state index contributed by atoms with van der Waals surface area (Å²) in [5.41, 5.74) is 6.29. The summed E-state index contributed by atoms with van der Waals surface area (Å²) >= 11 is 0. The molecule has 0 saturated heterocycles. The molecule has 0 aliphatic heterocycles. The van der Waals surface area contributed by atoms with E-state index in [1.807, 2.05) is 6.92 Å². The van der Waals surface area contributed by atoms with Gasteiger partial charge < -0.3 is 20.0 Å². The third-order valence-corrected chi connectivity index (χ3v) is 3.50. The third kappa shape index (κ3) is 3.90. The summed E-state index contributed by atoms with van der Waals surface area (Å²) in [6.07, 6.45) is 4.65. The molecular formula is C16H23N3O3. The van der Waals surface area contributed by atoms with Gasteiger partial charge >= 0.3 is 0 Å². The molecule has 1 unspecified atom stereocenters. The number of amides is 1. The van der Waals surface area contributed by atoms with Crippen molar-refractivity contribution >= 4 is 11.8 Å². The van der Waals surface area contributed by atoms with Crippen LogP contribution in [0.2, 0.25) is 0 Å². The van der Waals surface area contributed by atoms with Crippen LogP contribution >= 0.6 is 0 Å². The predicted octanol–water partition coefficient (Wildman–Crippen LogP) is 3.46. The minimum Gasteiger partial charge on any atom is -0.463 e. The van der Waals surface area contributed by atoms with E-state index in [0.717, 1.165) is 19.3 Å². The number of carbonyl (C=O) groups excluding carboxylic acids is 1. The average molecular weight is 305 g/mol. The normalized spacial score (nSPS) is 12.5. The highest BCUT2D eigenvalue weighted by Crippen LogP contribution is 2.27. The topological polar surface area (TPSA) is 94.3 Å². The Morgan fingerprint density at radius 1 is 1.36 bits per heavy atom. The van der Waals surface area contributed by atoms with Gasteiger partial charge in [-0.15, -0.1) is 0 Å². The number of anilines is 1. The summed E-state index contributed by atoms with van der Waals surface area (Å²) in [7, 11) is 0. The molecule has 0 radical (unpaired) electrons. The molecule has 0 aliphatic rings. The first-order chi connectivity index (χ1) is 10.5. The summed E-state index contributed by atoms with van der Waals surface area (Å²) < 4.78 is 10.2. The number of carbonyl (C=O) groups is 1. The highest BCUT2D eigenvalue weighted by atomic mass is 16.5. The van der Waals surface area contributed by atoms with Crippen molar-refractivity contribution in [3.05, 3.63) is 24.0 Å². The zero-order valence-electron chi connectivity index (χ0n) is 13.3. The smallest absolute Gasteiger partial charge is 0.259 e. The quantitative estimate of drug-likeness (QED) is 0.817. The number of rotatable bonds is 7. The molecule has 0 saturated carbocycles. The highest BCUT2D eigenvalue weighted by Gasteiger charge is 2.24.